The lowest BCUT2D eigenvalue weighted by Crippen LogP contribution is -2.19. The van der Waals surface area contributed by atoms with Crippen LogP contribution >= 0.6 is 0 Å². The van der Waals surface area contributed by atoms with Gasteiger partial charge in [0.1, 0.15) is 5.78 Å². The summed E-state index contributed by atoms with van der Waals surface area (Å²) in [5, 5.41) is 0. The second-order valence-electron chi connectivity index (χ2n) is 3.83. The van der Waals surface area contributed by atoms with Crippen LogP contribution in [0.5, 0.6) is 0 Å². The van der Waals surface area contributed by atoms with Crippen LogP contribution in [-0.2, 0) is 4.79 Å². The highest BCUT2D eigenvalue weighted by Crippen LogP contribution is 2.36. The molecule has 66 valence electrons. The first-order valence-corrected chi connectivity index (χ1v) is 4.90. The van der Waals surface area contributed by atoms with Crippen molar-refractivity contribution < 1.29 is 6.17 Å². The van der Waals surface area contributed by atoms with Crippen molar-refractivity contribution in [3.8, 4) is 0 Å². The molecule has 0 bridgehead atoms. The monoisotopic (exact) mass is 165 g/mol. The van der Waals surface area contributed by atoms with Crippen molar-refractivity contribution in [1.29, 1.82) is 0 Å². The standard InChI is InChI=1S/C11H16O/c12-11-8-3-1-2-5-9-6-4-7-10(9)11/h1-2,9-10H,3-8H2/b2-1-/t9-,10+/m0/s1/i5D/t5-,9+,10-/m1. The average Bonchev–Trinajstić information content (AvgIpc) is 2.57. The molecule has 3 atom stereocenters. The predicted octanol–water partition coefficient (Wildman–Crippen LogP) is 2.71. The topological polar surface area (TPSA) is 17.1 Å². The summed E-state index contributed by atoms with van der Waals surface area (Å²) in [6, 6.07) is 0. The molecule has 0 aliphatic heterocycles. The number of fused-ring (bicyclic) bond motifs is 1. The molecule has 0 spiro atoms. The van der Waals surface area contributed by atoms with Gasteiger partial charge in [-0.25, -0.2) is 0 Å². The zero-order valence-corrected chi connectivity index (χ0v) is 7.33. The molecule has 0 heterocycles. The molecule has 0 amide bonds. The molecular weight excluding hydrogens is 148 g/mol. The van der Waals surface area contributed by atoms with Crippen LogP contribution in [0.1, 0.15) is 39.9 Å². The molecule has 2 rings (SSSR count). The summed E-state index contributed by atoms with van der Waals surface area (Å²) in [6.07, 6.45) is 8.66. The molecule has 0 radical (unpaired) electrons. The summed E-state index contributed by atoms with van der Waals surface area (Å²) >= 11 is 0. The molecule has 0 aromatic carbocycles. The summed E-state index contributed by atoms with van der Waals surface area (Å²) in [7, 11) is 0. The quantitative estimate of drug-likeness (QED) is 0.504. The smallest absolute Gasteiger partial charge is 0.136 e. The number of allylic oxidation sites excluding steroid dienone is 2. The Kier molecular flexibility index (Phi) is 1.96. The van der Waals surface area contributed by atoms with E-state index in [1.165, 1.54) is 0 Å². The van der Waals surface area contributed by atoms with Crippen LogP contribution in [-0.4, -0.2) is 5.78 Å². The fraction of sp³-hybridized carbons (Fsp3) is 0.727. The number of hydrogen-bond donors (Lipinski definition) is 0. The van der Waals surface area contributed by atoms with Crippen LogP contribution in [0.3, 0.4) is 0 Å². The Labute approximate surface area is 75.3 Å². The first-order valence-electron chi connectivity index (χ1n) is 5.48. The molecule has 0 saturated heterocycles. The summed E-state index contributed by atoms with van der Waals surface area (Å²) < 4.78 is 7.89. The van der Waals surface area contributed by atoms with E-state index in [0.29, 0.717) is 18.1 Å². The third kappa shape index (κ3) is 1.45. The van der Waals surface area contributed by atoms with Crippen LogP contribution in [0.2, 0.25) is 0 Å². The van der Waals surface area contributed by atoms with Crippen molar-refractivity contribution in [3.63, 3.8) is 0 Å². The van der Waals surface area contributed by atoms with Crippen molar-refractivity contribution in [2.75, 3.05) is 0 Å². The Bertz CT molecular complexity index is 234. The maximum absolute atomic E-state index is 11.7. The first-order chi connectivity index (χ1) is 6.29. The van der Waals surface area contributed by atoms with Crippen molar-refractivity contribution in [3.05, 3.63) is 12.2 Å². The number of carbonyl (C=O) groups is 1. The van der Waals surface area contributed by atoms with Crippen molar-refractivity contribution in [2.24, 2.45) is 11.8 Å². The van der Waals surface area contributed by atoms with Crippen LogP contribution in [0.15, 0.2) is 12.2 Å². The summed E-state index contributed by atoms with van der Waals surface area (Å²) in [5.41, 5.74) is 0. The van der Waals surface area contributed by atoms with Crippen molar-refractivity contribution in [1.82, 2.24) is 0 Å². The normalized spacial score (nSPS) is 45.8. The molecule has 2 aliphatic rings. The Morgan fingerprint density at radius 3 is 3.25 bits per heavy atom. The van der Waals surface area contributed by atoms with Crippen LogP contribution in [0.4, 0.5) is 0 Å². The zero-order chi connectivity index (χ0) is 9.26. The minimum atomic E-state index is -0.128. The Balaban J connectivity index is 2.19. The molecule has 12 heavy (non-hydrogen) atoms. The highest BCUT2D eigenvalue weighted by molar-refractivity contribution is 5.81. The van der Waals surface area contributed by atoms with E-state index in [9.17, 15) is 4.79 Å². The van der Waals surface area contributed by atoms with Crippen molar-refractivity contribution >= 4 is 5.78 Å². The Morgan fingerprint density at radius 2 is 2.33 bits per heavy atom. The van der Waals surface area contributed by atoms with E-state index in [-0.39, 0.29) is 12.3 Å². The number of ketones is 1. The number of Topliss-reactive ketones (excluding diaryl/α,β-unsaturated/α-hetero) is 1. The van der Waals surface area contributed by atoms with Gasteiger partial charge in [0.25, 0.3) is 0 Å². The fourth-order valence-electron chi connectivity index (χ4n) is 2.35. The van der Waals surface area contributed by atoms with Gasteiger partial charge in [-0.1, -0.05) is 18.6 Å². The highest BCUT2D eigenvalue weighted by Gasteiger charge is 2.31. The van der Waals surface area contributed by atoms with E-state index in [4.69, 9.17) is 1.37 Å². The lowest BCUT2D eigenvalue weighted by atomic mass is 9.86. The number of rotatable bonds is 0. The summed E-state index contributed by atoms with van der Waals surface area (Å²) in [4.78, 5) is 11.7. The molecule has 0 N–H and O–H groups in total. The van der Waals surface area contributed by atoms with E-state index < -0.39 is 0 Å². The van der Waals surface area contributed by atoms with E-state index in [0.717, 1.165) is 25.7 Å². The van der Waals surface area contributed by atoms with E-state index >= 15 is 0 Å². The van der Waals surface area contributed by atoms with E-state index in [1.54, 1.807) is 0 Å². The van der Waals surface area contributed by atoms with Gasteiger partial charge in [0, 0.05) is 13.7 Å². The third-order valence-corrected chi connectivity index (χ3v) is 3.03. The maximum Gasteiger partial charge on any atom is 0.136 e. The van der Waals surface area contributed by atoms with Gasteiger partial charge in [0.2, 0.25) is 0 Å². The van der Waals surface area contributed by atoms with Gasteiger partial charge in [-0.15, -0.1) is 0 Å². The van der Waals surface area contributed by atoms with E-state index in [2.05, 4.69) is 0 Å². The molecule has 2 aliphatic carbocycles. The number of carbonyl (C=O) groups excluding carboxylic acids is 1. The second-order valence-corrected chi connectivity index (χ2v) is 3.83. The molecule has 0 unspecified atom stereocenters. The van der Waals surface area contributed by atoms with Gasteiger partial charge in [0.05, 0.1) is 0 Å². The molecule has 0 aromatic heterocycles. The lowest BCUT2D eigenvalue weighted by molar-refractivity contribution is -0.123. The number of hydrogen-bond acceptors (Lipinski definition) is 1. The van der Waals surface area contributed by atoms with Gasteiger partial charge in [-0.3, -0.25) is 4.79 Å². The Hall–Kier alpha value is -0.590. The van der Waals surface area contributed by atoms with Gasteiger partial charge in [-0.05, 0) is 31.6 Å². The maximum atomic E-state index is 11.7. The molecule has 1 heteroatoms. The average molecular weight is 165 g/mol. The van der Waals surface area contributed by atoms with Crippen LogP contribution in [0.25, 0.3) is 0 Å². The van der Waals surface area contributed by atoms with Crippen LogP contribution in [0, 0.1) is 11.8 Å². The van der Waals surface area contributed by atoms with E-state index in [1.807, 2.05) is 12.2 Å². The summed E-state index contributed by atoms with van der Waals surface area (Å²) in [6.45, 7) is 0. The molecule has 1 fully saturated rings. The largest absolute Gasteiger partial charge is 0.299 e. The Morgan fingerprint density at radius 1 is 1.42 bits per heavy atom. The SMILES string of the molecule is [2H][C@@H]1/C=C\CCC(=O)[C@@H]2CCC[C@H]12. The molecule has 1 nitrogen and oxygen atoms in total. The zero-order valence-electron chi connectivity index (χ0n) is 8.33. The molecule has 0 aromatic rings. The molecular formula is C11H16O. The van der Waals surface area contributed by atoms with Gasteiger partial charge < -0.3 is 0 Å². The minimum absolute atomic E-state index is 0.128. The molecule has 1 saturated carbocycles. The third-order valence-electron chi connectivity index (χ3n) is 3.03. The first kappa shape index (κ1) is 6.88. The lowest BCUT2D eigenvalue weighted by Gasteiger charge is -2.18. The fourth-order valence-corrected chi connectivity index (χ4v) is 2.35. The second kappa shape index (κ2) is 3.42. The highest BCUT2D eigenvalue weighted by atomic mass is 16.1. The van der Waals surface area contributed by atoms with Crippen LogP contribution < -0.4 is 0 Å². The van der Waals surface area contributed by atoms with Gasteiger partial charge >= 0.3 is 0 Å². The predicted molar refractivity (Wildman–Crippen MR) is 48.8 cm³/mol. The van der Waals surface area contributed by atoms with Gasteiger partial charge in [0.15, 0.2) is 0 Å². The minimum Gasteiger partial charge on any atom is -0.299 e. The summed E-state index contributed by atoms with van der Waals surface area (Å²) in [5.74, 6) is 0.945. The van der Waals surface area contributed by atoms with Gasteiger partial charge in [-0.2, -0.15) is 0 Å². The van der Waals surface area contributed by atoms with Crippen molar-refractivity contribution in [2.45, 2.75) is 38.5 Å².